The number of morpholine rings is 1. The van der Waals surface area contributed by atoms with E-state index in [0.29, 0.717) is 48.9 Å². The molecular weight excluding hydrogens is 761 g/mol. The lowest BCUT2D eigenvalue weighted by Crippen LogP contribution is -2.43. The van der Waals surface area contributed by atoms with Crippen LogP contribution in [-0.4, -0.2) is 106 Å². The number of pyridine rings is 1. The second kappa shape index (κ2) is 16.5. The van der Waals surface area contributed by atoms with Crippen LogP contribution < -0.4 is 13.8 Å². The molecule has 3 heterocycles. The molecule has 1 saturated carbocycles. The molecular formula is C35H36Cl2F2N4O9S. The lowest BCUT2D eigenvalue weighted by molar-refractivity contribution is -0.149. The van der Waals surface area contributed by atoms with Crippen molar-refractivity contribution < 1.29 is 50.5 Å². The molecule has 0 unspecified atom stereocenters. The van der Waals surface area contributed by atoms with E-state index >= 15 is 0 Å². The molecule has 0 N–H and O–H groups in total. The maximum absolute atomic E-state index is 13.6. The normalized spacial score (nSPS) is 16.8. The van der Waals surface area contributed by atoms with Crippen LogP contribution in [0.15, 0.2) is 48.8 Å². The van der Waals surface area contributed by atoms with Crippen molar-refractivity contribution in [2.45, 2.75) is 32.0 Å². The van der Waals surface area contributed by atoms with Crippen molar-refractivity contribution in [1.82, 2.24) is 14.8 Å². The summed E-state index contributed by atoms with van der Waals surface area (Å²) in [5.74, 6) is -2.49. The number of nitrogens with zero attached hydrogens (tertiary/aromatic N) is 4. The van der Waals surface area contributed by atoms with E-state index in [9.17, 15) is 31.6 Å². The Morgan fingerprint density at radius 2 is 1.72 bits per heavy atom. The first-order valence-corrected chi connectivity index (χ1v) is 19.4. The molecule has 13 nitrogen and oxygen atoms in total. The zero-order valence-electron chi connectivity index (χ0n) is 28.5. The summed E-state index contributed by atoms with van der Waals surface area (Å²) in [6.07, 6.45) is 4.39. The summed E-state index contributed by atoms with van der Waals surface area (Å²) in [5.41, 5.74) is 0.785. The second-order valence-electron chi connectivity index (χ2n) is 12.8. The van der Waals surface area contributed by atoms with Crippen molar-refractivity contribution >= 4 is 56.7 Å². The number of anilines is 1. The number of imide groups is 1. The molecule has 2 aliphatic heterocycles. The summed E-state index contributed by atoms with van der Waals surface area (Å²) < 4.78 is 74.9. The number of rotatable bonds is 16. The number of fused-ring (bicyclic) bond motifs is 1. The topological polar surface area (TPSA) is 145 Å². The zero-order valence-corrected chi connectivity index (χ0v) is 30.8. The van der Waals surface area contributed by atoms with Gasteiger partial charge in [0.25, 0.3) is 11.8 Å². The maximum atomic E-state index is 13.6. The van der Waals surface area contributed by atoms with Gasteiger partial charge in [-0.3, -0.25) is 33.5 Å². The first kappa shape index (κ1) is 38.6. The molecule has 1 aliphatic carbocycles. The number of halogens is 4. The van der Waals surface area contributed by atoms with E-state index in [-0.39, 0.29) is 63.8 Å². The summed E-state index contributed by atoms with van der Waals surface area (Å²) in [6.45, 7) is -0.737. The number of hydrogen-bond acceptors (Lipinski definition) is 11. The van der Waals surface area contributed by atoms with Gasteiger partial charge in [0, 0.05) is 45.0 Å². The van der Waals surface area contributed by atoms with Crippen molar-refractivity contribution in [3.63, 3.8) is 0 Å². The van der Waals surface area contributed by atoms with Crippen LogP contribution in [0.3, 0.4) is 0 Å². The molecule has 284 valence electrons. The number of alkyl halides is 2. The Kier molecular flexibility index (Phi) is 12.0. The van der Waals surface area contributed by atoms with Gasteiger partial charge in [0.1, 0.15) is 12.6 Å². The van der Waals surface area contributed by atoms with E-state index in [1.165, 1.54) is 48.8 Å². The van der Waals surface area contributed by atoms with Gasteiger partial charge in [-0.1, -0.05) is 29.3 Å². The van der Waals surface area contributed by atoms with Gasteiger partial charge in [-0.25, -0.2) is 8.42 Å². The number of carbonyl (C=O) groups excluding carboxylic acids is 3. The van der Waals surface area contributed by atoms with Crippen LogP contribution in [0.25, 0.3) is 0 Å². The molecule has 0 bridgehead atoms. The van der Waals surface area contributed by atoms with Crippen LogP contribution in [0, 0.1) is 5.92 Å². The fourth-order valence-corrected chi connectivity index (χ4v) is 7.44. The lowest BCUT2D eigenvalue weighted by Gasteiger charge is -2.30. The van der Waals surface area contributed by atoms with Crippen LogP contribution in [-0.2, 0) is 30.7 Å². The molecule has 0 radical (unpaired) electrons. The SMILES string of the molecule is CS(=O)(=O)N(CCN1CCOCC1)c1ccc2c(c1)C(=O)N(CC(=O)O[C@@H](Cc1c(Cl)cncc1Cl)c1ccc(OC(F)F)c(OCC3CC3)c1)C2=O. The van der Waals surface area contributed by atoms with Gasteiger partial charge in [0.05, 0.1) is 52.9 Å². The molecule has 1 atom stereocenters. The van der Waals surface area contributed by atoms with Crippen LogP contribution in [0.1, 0.15) is 50.8 Å². The summed E-state index contributed by atoms with van der Waals surface area (Å²) in [7, 11) is -3.77. The predicted octanol–water partition coefficient (Wildman–Crippen LogP) is 5.00. The summed E-state index contributed by atoms with van der Waals surface area (Å²) >= 11 is 12.8. The minimum atomic E-state index is -3.77. The van der Waals surface area contributed by atoms with Crippen molar-refractivity contribution in [2.75, 3.05) is 63.1 Å². The summed E-state index contributed by atoms with van der Waals surface area (Å²) in [5, 5.41) is 0.344. The average molecular weight is 798 g/mol. The number of aromatic nitrogens is 1. The molecule has 53 heavy (non-hydrogen) atoms. The third-order valence-electron chi connectivity index (χ3n) is 9.00. The minimum Gasteiger partial charge on any atom is -0.489 e. The van der Waals surface area contributed by atoms with Gasteiger partial charge in [-0.15, -0.1) is 0 Å². The fraction of sp³-hybridized carbons (Fsp3) is 0.429. The maximum Gasteiger partial charge on any atom is 0.387 e. The Morgan fingerprint density at radius 3 is 2.38 bits per heavy atom. The van der Waals surface area contributed by atoms with Crippen molar-refractivity contribution in [2.24, 2.45) is 5.92 Å². The largest absolute Gasteiger partial charge is 0.489 e. The molecule has 6 rings (SSSR count). The minimum absolute atomic E-state index is 0.00639. The molecule has 3 aromatic rings. The van der Waals surface area contributed by atoms with Gasteiger partial charge in [0.2, 0.25) is 10.0 Å². The molecule has 2 amide bonds. The van der Waals surface area contributed by atoms with E-state index in [2.05, 4.69) is 14.6 Å². The number of amides is 2. The van der Waals surface area contributed by atoms with Crippen molar-refractivity contribution in [1.29, 1.82) is 0 Å². The van der Waals surface area contributed by atoms with E-state index in [0.717, 1.165) is 23.4 Å². The smallest absolute Gasteiger partial charge is 0.387 e. The Balaban J connectivity index is 1.22. The Morgan fingerprint density at radius 1 is 1.02 bits per heavy atom. The van der Waals surface area contributed by atoms with E-state index in [1.807, 2.05) is 0 Å². The van der Waals surface area contributed by atoms with Crippen LogP contribution >= 0.6 is 23.2 Å². The van der Waals surface area contributed by atoms with Crippen molar-refractivity contribution in [3.05, 3.63) is 81.1 Å². The molecule has 18 heteroatoms. The highest BCUT2D eigenvalue weighted by Crippen LogP contribution is 2.38. The van der Waals surface area contributed by atoms with E-state index in [4.69, 9.17) is 37.4 Å². The van der Waals surface area contributed by atoms with Gasteiger partial charge in [-0.05, 0) is 60.2 Å². The second-order valence-corrected chi connectivity index (χ2v) is 15.5. The van der Waals surface area contributed by atoms with Gasteiger partial charge >= 0.3 is 12.6 Å². The molecule has 2 fully saturated rings. The Labute approximate surface area is 314 Å². The highest BCUT2D eigenvalue weighted by molar-refractivity contribution is 7.92. The molecule has 1 saturated heterocycles. The zero-order chi connectivity index (χ0) is 37.9. The number of hydrogen-bond donors (Lipinski definition) is 0. The highest BCUT2D eigenvalue weighted by Gasteiger charge is 2.38. The fourth-order valence-electron chi connectivity index (χ4n) is 6.02. The monoisotopic (exact) mass is 796 g/mol. The van der Waals surface area contributed by atoms with Gasteiger partial charge in [-0.2, -0.15) is 8.78 Å². The highest BCUT2D eigenvalue weighted by atomic mass is 35.5. The third kappa shape index (κ3) is 9.54. The Bertz CT molecular complexity index is 1960. The first-order chi connectivity index (χ1) is 25.3. The van der Waals surface area contributed by atoms with E-state index in [1.54, 1.807) is 0 Å². The van der Waals surface area contributed by atoms with Crippen LogP contribution in [0.5, 0.6) is 11.5 Å². The summed E-state index contributed by atoms with van der Waals surface area (Å²) in [4.78, 5) is 47.3. The molecule has 3 aliphatic rings. The molecule has 2 aromatic carbocycles. The van der Waals surface area contributed by atoms with Gasteiger partial charge in [0.15, 0.2) is 11.5 Å². The van der Waals surface area contributed by atoms with E-state index < -0.39 is 47.1 Å². The summed E-state index contributed by atoms with van der Waals surface area (Å²) in [6, 6.07) is 8.21. The van der Waals surface area contributed by atoms with Crippen LogP contribution in [0.2, 0.25) is 10.0 Å². The standard InChI is InChI=1S/C35H36Cl2F2N4O9S/c1-53(47,48)43(9-8-41-10-12-49-13-11-41)23-5-6-24-25(15-23)34(46)42(33(24)45)19-32(44)51-30(16-26-27(36)17-40-18-28(26)37)22-4-7-29(52-35(38)39)31(14-22)50-20-21-2-3-21/h4-7,14-15,17-18,21,30,35H,2-3,8-13,16,19-20H2,1H3/t30-/m0/s1. The third-order valence-corrected chi connectivity index (χ3v) is 10.8. The molecule has 0 spiro atoms. The predicted molar refractivity (Wildman–Crippen MR) is 189 cm³/mol. The number of ether oxygens (including phenoxy) is 4. The van der Waals surface area contributed by atoms with Crippen LogP contribution in [0.4, 0.5) is 14.5 Å². The lowest BCUT2D eigenvalue weighted by atomic mass is 10.0. The number of carbonyl (C=O) groups is 3. The Hall–Kier alpha value is -4.09. The quantitative estimate of drug-likeness (QED) is 0.143. The number of sulfonamides is 1. The van der Waals surface area contributed by atoms with Crippen molar-refractivity contribution in [3.8, 4) is 11.5 Å². The molecule has 1 aromatic heterocycles. The average Bonchev–Trinajstić information content (AvgIpc) is 3.92. The van der Waals surface area contributed by atoms with Gasteiger partial charge < -0.3 is 18.9 Å². The number of benzene rings is 2. The first-order valence-electron chi connectivity index (χ1n) is 16.8. The number of esters is 1.